The second-order valence-electron chi connectivity index (χ2n) is 4.41. The third-order valence-corrected chi connectivity index (χ3v) is 2.62. The highest BCUT2D eigenvalue weighted by Gasteiger charge is 2.56. The topological polar surface area (TPSA) is 9.23 Å². The first-order chi connectivity index (χ1) is 9.84. The fourth-order valence-electron chi connectivity index (χ4n) is 1.51. The Morgan fingerprint density at radius 3 is 2.05 bits per heavy atom. The lowest BCUT2D eigenvalue weighted by molar-refractivity contribution is -0.284. The van der Waals surface area contributed by atoms with Gasteiger partial charge in [-0.15, -0.1) is 0 Å². The average molecular weight is 332 g/mol. The first-order valence-electron chi connectivity index (χ1n) is 5.88. The quantitative estimate of drug-likeness (QED) is 0.452. The summed E-state index contributed by atoms with van der Waals surface area (Å²) in [5.41, 5.74) is -1.42. The summed E-state index contributed by atoms with van der Waals surface area (Å²) in [5.74, 6) is -5.60. The minimum absolute atomic E-state index is 0.191. The SMILES string of the molecule is [B]c1ccc(OCCCC(F)(F)C(F)(F)F)c(C(F)(F)F)c1. The molecule has 10 heteroatoms. The second-order valence-corrected chi connectivity index (χ2v) is 4.41. The molecule has 0 unspecified atom stereocenters. The summed E-state index contributed by atoms with van der Waals surface area (Å²) in [6.45, 7) is -0.724. The number of halogens is 8. The number of benzene rings is 1. The molecule has 0 amide bonds. The smallest absolute Gasteiger partial charge is 0.453 e. The normalized spacial score (nSPS) is 13.3. The van der Waals surface area contributed by atoms with Gasteiger partial charge in [0.15, 0.2) is 0 Å². The van der Waals surface area contributed by atoms with Gasteiger partial charge in [0, 0.05) is 6.42 Å². The van der Waals surface area contributed by atoms with Crippen molar-refractivity contribution in [2.45, 2.75) is 31.1 Å². The van der Waals surface area contributed by atoms with Gasteiger partial charge in [-0.2, -0.15) is 35.1 Å². The van der Waals surface area contributed by atoms with Crippen LogP contribution in [0, 0.1) is 0 Å². The minimum atomic E-state index is -5.70. The fraction of sp³-hybridized carbons (Fsp3) is 0.500. The van der Waals surface area contributed by atoms with Gasteiger partial charge in [0.25, 0.3) is 0 Å². The van der Waals surface area contributed by atoms with E-state index in [1.165, 1.54) is 0 Å². The highest BCUT2D eigenvalue weighted by Crippen LogP contribution is 2.39. The van der Waals surface area contributed by atoms with E-state index in [2.05, 4.69) is 4.74 Å². The molecule has 122 valence electrons. The van der Waals surface area contributed by atoms with E-state index in [9.17, 15) is 35.1 Å². The van der Waals surface area contributed by atoms with Gasteiger partial charge in [0.2, 0.25) is 0 Å². The molecule has 1 aromatic rings. The van der Waals surface area contributed by atoms with Gasteiger partial charge in [0.05, 0.1) is 12.2 Å². The number of hydrogen-bond acceptors (Lipinski definition) is 1. The molecule has 0 saturated carbocycles. The van der Waals surface area contributed by atoms with Crippen LogP contribution in [0.2, 0.25) is 0 Å². The Morgan fingerprint density at radius 2 is 1.55 bits per heavy atom. The van der Waals surface area contributed by atoms with Crippen molar-refractivity contribution in [3.05, 3.63) is 23.8 Å². The molecule has 0 aromatic heterocycles. The Labute approximate surface area is 121 Å². The monoisotopic (exact) mass is 332 g/mol. The van der Waals surface area contributed by atoms with Crippen molar-refractivity contribution in [2.24, 2.45) is 0 Å². The standard InChI is InChI=1S/C12H9BF8O/c13-7-2-3-9(8(6-7)11(16,17)18)22-5-1-4-10(14,15)12(19,20)21/h2-3,6H,1,4-5H2. The van der Waals surface area contributed by atoms with E-state index in [0.29, 0.717) is 6.07 Å². The van der Waals surface area contributed by atoms with Crippen LogP contribution in [-0.4, -0.2) is 26.6 Å². The third kappa shape index (κ3) is 4.77. The third-order valence-electron chi connectivity index (χ3n) is 2.62. The molecule has 0 aliphatic heterocycles. The van der Waals surface area contributed by atoms with E-state index in [1.54, 1.807) is 0 Å². The second kappa shape index (κ2) is 6.33. The molecule has 0 saturated heterocycles. The summed E-state index contributed by atoms with van der Waals surface area (Å²) in [5, 5.41) is 0. The molecule has 0 bridgehead atoms. The maximum atomic E-state index is 12.7. The molecule has 1 rings (SSSR count). The summed E-state index contributed by atoms with van der Waals surface area (Å²) < 4.78 is 104. The molecule has 0 aliphatic carbocycles. The van der Waals surface area contributed by atoms with Crippen LogP contribution in [0.5, 0.6) is 5.75 Å². The largest absolute Gasteiger partial charge is 0.493 e. The van der Waals surface area contributed by atoms with Crippen molar-refractivity contribution in [2.75, 3.05) is 6.61 Å². The predicted octanol–water partition coefficient (Wildman–Crippen LogP) is 3.86. The summed E-state index contributed by atoms with van der Waals surface area (Å²) in [6, 6.07) is 2.55. The zero-order chi connectivity index (χ0) is 17.2. The van der Waals surface area contributed by atoms with E-state index in [4.69, 9.17) is 7.85 Å². The van der Waals surface area contributed by atoms with Gasteiger partial charge in [-0.3, -0.25) is 0 Å². The first-order valence-corrected chi connectivity index (χ1v) is 5.88. The Kier molecular flexibility index (Phi) is 5.35. The molecule has 0 atom stereocenters. The molecule has 0 fully saturated rings. The summed E-state index contributed by atoms with van der Waals surface area (Å²) in [4.78, 5) is 0. The molecule has 0 spiro atoms. The number of hydrogen-bond donors (Lipinski definition) is 0. The van der Waals surface area contributed by atoms with E-state index < -0.39 is 49.0 Å². The van der Waals surface area contributed by atoms with Crippen molar-refractivity contribution in [3.8, 4) is 5.75 Å². The van der Waals surface area contributed by atoms with Crippen molar-refractivity contribution < 1.29 is 39.9 Å². The van der Waals surface area contributed by atoms with E-state index in [1.807, 2.05) is 0 Å². The maximum Gasteiger partial charge on any atom is 0.453 e. The van der Waals surface area contributed by atoms with Crippen molar-refractivity contribution in [3.63, 3.8) is 0 Å². The number of rotatable bonds is 5. The molecule has 1 nitrogen and oxygen atoms in total. The van der Waals surface area contributed by atoms with Gasteiger partial charge < -0.3 is 4.74 Å². The highest BCUT2D eigenvalue weighted by atomic mass is 19.4. The highest BCUT2D eigenvalue weighted by molar-refractivity contribution is 6.32. The Morgan fingerprint density at radius 1 is 0.955 bits per heavy atom. The van der Waals surface area contributed by atoms with Gasteiger partial charge in [-0.25, -0.2) is 0 Å². The van der Waals surface area contributed by atoms with Crippen LogP contribution in [0.3, 0.4) is 0 Å². The molecular formula is C12H9BF8O. The Hall–Kier alpha value is -1.48. The van der Waals surface area contributed by atoms with Crippen LogP contribution in [0.15, 0.2) is 18.2 Å². The van der Waals surface area contributed by atoms with Crippen LogP contribution in [0.1, 0.15) is 18.4 Å². The lowest BCUT2D eigenvalue weighted by Gasteiger charge is -2.20. The molecule has 1 aromatic carbocycles. The molecule has 22 heavy (non-hydrogen) atoms. The molecule has 0 heterocycles. The average Bonchev–Trinajstić information content (AvgIpc) is 2.33. The van der Waals surface area contributed by atoms with Gasteiger partial charge in [-0.1, -0.05) is 17.6 Å². The fourth-order valence-corrected chi connectivity index (χ4v) is 1.51. The van der Waals surface area contributed by atoms with Crippen LogP contribution < -0.4 is 10.2 Å². The van der Waals surface area contributed by atoms with Crippen molar-refractivity contribution in [1.29, 1.82) is 0 Å². The first kappa shape index (κ1) is 18.6. The molecule has 2 radical (unpaired) electrons. The summed E-state index contributed by atoms with van der Waals surface area (Å²) >= 11 is 0. The van der Waals surface area contributed by atoms with E-state index >= 15 is 0 Å². The van der Waals surface area contributed by atoms with Gasteiger partial charge in [0.1, 0.15) is 13.6 Å². The molecular weight excluding hydrogens is 323 g/mol. The lowest BCUT2D eigenvalue weighted by Crippen LogP contribution is -2.36. The van der Waals surface area contributed by atoms with Crippen molar-refractivity contribution in [1.82, 2.24) is 0 Å². The van der Waals surface area contributed by atoms with Crippen LogP contribution in [-0.2, 0) is 6.18 Å². The van der Waals surface area contributed by atoms with Gasteiger partial charge in [-0.05, 0) is 12.5 Å². The van der Waals surface area contributed by atoms with Gasteiger partial charge >= 0.3 is 18.3 Å². The van der Waals surface area contributed by atoms with Crippen LogP contribution in [0.4, 0.5) is 35.1 Å². The Bertz CT molecular complexity index is 509. The molecule has 0 aliphatic rings. The van der Waals surface area contributed by atoms with E-state index in [-0.39, 0.29) is 5.46 Å². The van der Waals surface area contributed by atoms with Crippen molar-refractivity contribution >= 4 is 13.3 Å². The predicted molar refractivity (Wildman–Crippen MR) is 62.6 cm³/mol. The minimum Gasteiger partial charge on any atom is -0.493 e. The van der Waals surface area contributed by atoms with E-state index in [0.717, 1.165) is 12.1 Å². The number of ether oxygens (including phenoxy) is 1. The number of alkyl halides is 8. The summed E-state index contributed by atoms with van der Waals surface area (Å²) in [7, 11) is 5.20. The maximum absolute atomic E-state index is 12.7. The lowest BCUT2D eigenvalue weighted by atomic mass is 9.94. The zero-order valence-corrected chi connectivity index (χ0v) is 10.9. The molecule has 0 N–H and O–H groups in total. The van der Waals surface area contributed by atoms with Crippen LogP contribution in [0.25, 0.3) is 0 Å². The Balaban J connectivity index is 2.67. The zero-order valence-electron chi connectivity index (χ0n) is 10.9. The summed E-state index contributed by atoms with van der Waals surface area (Å²) in [6.07, 6.45) is -12.8. The van der Waals surface area contributed by atoms with Crippen LogP contribution >= 0.6 is 0 Å².